The monoisotopic (exact) mass is 261 g/mol. The highest BCUT2D eigenvalue weighted by atomic mass is 16.5. The van der Waals surface area contributed by atoms with Crippen molar-refractivity contribution in [1.82, 2.24) is 5.32 Å². The molecule has 0 saturated heterocycles. The first kappa shape index (κ1) is 14.1. The van der Waals surface area contributed by atoms with Crippen LogP contribution in [0.2, 0.25) is 0 Å². The first-order valence-corrected chi connectivity index (χ1v) is 7.06. The van der Waals surface area contributed by atoms with E-state index >= 15 is 0 Å². The summed E-state index contributed by atoms with van der Waals surface area (Å²) >= 11 is 0. The van der Waals surface area contributed by atoms with E-state index in [4.69, 9.17) is 4.74 Å². The smallest absolute Gasteiger partial charge is 0.222 e. The topological polar surface area (TPSA) is 38.3 Å². The van der Waals surface area contributed by atoms with Crippen LogP contribution in [0.5, 0.6) is 0 Å². The molecule has 1 aliphatic carbocycles. The number of rotatable bonds is 5. The van der Waals surface area contributed by atoms with Crippen molar-refractivity contribution >= 4 is 5.91 Å². The Hall–Kier alpha value is -1.35. The summed E-state index contributed by atoms with van der Waals surface area (Å²) in [7, 11) is 0. The van der Waals surface area contributed by atoms with Crippen LogP contribution in [0, 0.1) is 5.92 Å². The van der Waals surface area contributed by atoms with Crippen molar-refractivity contribution in [3.8, 4) is 0 Å². The second-order valence-electron chi connectivity index (χ2n) is 5.59. The SMILES string of the molecule is CC(C)OCCC(=O)N[C@H]1c2ccccc2C[C@@H]1C. The number of benzene rings is 1. The molecule has 104 valence electrons. The molecule has 2 atom stereocenters. The predicted molar refractivity (Wildman–Crippen MR) is 75.9 cm³/mol. The molecule has 0 fully saturated rings. The van der Waals surface area contributed by atoms with Gasteiger partial charge in [-0.15, -0.1) is 0 Å². The summed E-state index contributed by atoms with van der Waals surface area (Å²) in [4.78, 5) is 11.9. The number of fused-ring (bicyclic) bond motifs is 1. The third-order valence-electron chi connectivity index (χ3n) is 3.60. The average molecular weight is 261 g/mol. The van der Waals surface area contributed by atoms with E-state index in [1.807, 2.05) is 19.9 Å². The number of hydrogen-bond acceptors (Lipinski definition) is 2. The van der Waals surface area contributed by atoms with E-state index in [2.05, 4.69) is 30.4 Å². The van der Waals surface area contributed by atoms with Gasteiger partial charge in [0.05, 0.1) is 18.8 Å². The number of ether oxygens (including phenoxy) is 1. The van der Waals surface area contributed by atoms with E-state index in [9.17, 15) is 4.79 Å². The number of carbonyl (C=O) groups excluding carboxylic acids is 1. The summed E-state index contributed by atoms with van der Waals surface area (Å²) < 4.78 is 5.41. The van der Waals surface area contributed by atoms with E-state index in [-0.39, 0.29) is 18.1 Å². The molecule has 3 heteroatoms. The van der Waals surface area contributed by atoms with Crippen LogP contribution in [0.1, 0.15) is 44.4 Å². The maximum Gasteiger partial charge on any atom is 0.222 e. The summed E-state index contributed by atoms with van der Waals surface area (Å²) in [5.41, 5.74) is 2.63. The van der Waals surface area contributed by atoms with Gasteiger partial charge in [-0.2, -0.15) is 0 Å². The Morgan fingerprint density at radius 3 is 2.89 bits per heavy atom. The predicted octanol–water partition coefficient (Wildman–Crippen LogP) is 2.85. The third-order valence-corrected chi connectivity index (χ3v) is 3.60. The second-order valence-corrected chi connectivity index (χ2v) is 5.59. The van der Waals surface area contributed by atoms with Crippen LogP contribution in [-0.4, -0.2) is 18.6 Å². The number of carbonyl (C=O) groups is 1. The average Bonchev–Trinajstić information content (AvgIpc) is 2.66. The highest BCUT2D eigenvalue weighted by Crippen LogP contribution is 2.35. The van der Waals surface area contributed by atoms with Gasteiger partial charge in [0.15, 0.2) is 0 Å². The minimum Gasteiger partial charge on any atom is -0.378 e. The van der Waals surface area contributed by atoms with Crippen molar-refractivity contribution in [2.24, 2.45) is 5.92 Å². The molecule has 1 aliphatic rings. The fourth-order valence-corrected chi connectivity index (χ4v) is 2.65. The van der Waals surface area contributed by atoms with Crippen molar-refractivity contribution < 1.29 is 9.53 Å². The molecule has 0 unspecified atom stereocenters. The van der Waals surface area contributed by atoms with Gasteiger partial charge in [-0.05, 0) is 37.3 Å². The van der Waals surface area contributed by atoms with Gasteiger partial charge >= 0.3 is 0 Å². The van der Waals surface area contributed by atoms with Crippen molar-refractivity contribution in [3.63, 3.8) is 0 Å². The first-order valence-electron chi connectivity index (χ1n) is 7.06. The van der Waals surface area contributed by atoms with E-state index in [0.717, 1.165) is 6.42 Å². The zero-order valence-corrected chi connectivity index (χ0v) is 12.0. The molecule has 0 radical (unpaired) electrons. The standard InChI is InChI=1S/C16H23NO2/c1-11(2)19-9-8-15(18)17-16-12(3)10-13-6-4-5-7-14(13)16/h4-7,11-12,16H,8-10H2,1-3H3,(H,17,18)/t12-,16+/m0/s1. The van der Waals surface area contributed by atoms with E-state index < -0.39 is 0 Å². The van der Waals surface area contributed by atoms with Crippen LogP contribution < -0.4 is 5.32 Å². The normalized spacial score (nSPS) is 21.5. The molecule has 0 spiro atoms. The summed E-state index contributed by atoms with van der Waals surface area (Å²) in [5, 5.41) is 3.14. The lowest BCUT2D eigenvalue weighted by atomic mass is 10.0. The van der Waals surface area contributed by atoms with E-state index in [1.54, 1.807) is 0 Å². The largest absolute Gasteiger partial charge is 0.378 e. The second kappa shape index (κ2) is 6.20. The minimum atomic E-state index is 0.0780. The summed E-state index contributed by atoms with van der Waals surface area (Å²) in [6.07, 6.45) is 1.66. The van der Waals surface area contributed by atoms with Crippen LogP contribution in [0.3, 0.4) is 0 Å². The molecular formula is C16H23NO2. The lowest BCUT2D eigenvalue weighted by molar-refractivity contribution is -0.123. The van der Waals surface area contributed by atoms with Gasteiger partial charge in [-0.25, -0.2) is 0 Å². The van der Waals surface area contributed by atoms with E-state index in [0.29, 0.717) is 18.9 Å². The molecule has 2 rings (SSSR count). The molecule has 19 heavy (non-hydrogen) atoms. The van der Waals surface area contributed by atoms with Crippen LogP contribution in [0.15, 0.2) is 24.3 Å². The van der Waals surface area contributed by atoms with Crippen molar-refractivity contribution in [1.29, 1.82) is 0 Å². The fourth-order valence-electron chi connectivity index (χ4n) is 2.65. The van der Waals surface area contributed by atoms with Crippen LogP contribution in [0.4, 0.5) is 0 Å². The Morgan fingerprint density at radius 2 is 2.16 bits per heavy atom. The van der Waals surface area contributed by atoms with Crippen LogP contribution in [-0.2, 0) is 16.0 Å². The molecule has 0 aliphatic heterocycles. The molecule has 1 aromatic rings. The Balaban J connectivity index is 1.90. The quantitative estimate of drug-likeness (QED) is 0.885. The number of hydrogen-bond donors (Lipinski definition) is 1. The lowest BCUT2D eigenvalue weighted by Crippen LogP contribution is -2.31. The van der Waals surface area contributed by atoms with Crippen molar-refractivity contribution in [2.45, 2.75) is 45.8 Å². The summed E-state index contributed by atoms with van der Waals surface area (Å²) in [6.45, 7) is 6.64. The molecule has 0 aromatic heterocycles. The summed E-state index contributed by atoms with van der Waals surface area (Å²) in [5.74, 6) is 0.543. The van der Waals surface area contributed by atoms with Gasteiger partial charge in [-0.1, -0.05) is 31.2 Å². The van der Waals surface area contributed by atoms with Crippen LogP contribution in [0.25, 0.3) is 0 Å². The molecular weight excluding hydrogens is 238 g/mol. The van der Waals surface area contributed by atoms with E-state index in [1.165, 1.54) is 11.1 Å². The Kier molecular flexibility index (Phi) is 4.59. The van der Waals surface area contributed by atoms with Gasteiger partial charge in [0.1, 0.15) is 0 Å². The highest BCUT2D eigenvalue weighted by molar-refractivity contribution is 5.76. The molecule has 3 nitrogen and oxygen atoms in total. The molecule has 0 bridgehead atoms. The maximum absolute atomic E-state index is 11.9. The minimum absolute atomic E-state index is 0.0780. The van der Waals surface area contributed by atoms with Crippen molar-refractivity contribution in [2.75, 3.05) is 6.61 Å². The maximum atomic E-state index is 11.9. The molecule has 0 saturated carbocycles. The van der Waals surface area contributed by atoms with Crippen LogP contribution >= 0.6 is 0 Å². The van der Waals surface area contributed by atoms with Gasteiger partial charge in [0.25, 0.3) is 0 Å². The Morgan fingerprint density at radius 1 is 1.42 bits per heavy atom. The summed E-state index contributed by atoms with van der Waals surface area (Å²) in [6, 6.07) is 8.53. The van der Waals surface area contributed by atoms with Crippen molar-refractivity contribution in [3.05, 3.63) is 35.4 Å². The molecule has 0 heterocycles. The first-order chi connectivity index (χ1) is 9.08. The lowest BCUT2D eigenvalue weighted by Gasteiger charge is -2.19. The van der Waals surface area contributed by atoms with Gasteiger partial charge in [-0.3, -0.25) is 4.79 Å². The number of amides is 1. The van der Waals surface area contributed by atoms with Gasteiger partial charge in [0, 0.05) is 6.42 Å². The highest BCUT2D eigenvalue weighted by Gasteiger charge is 2.29. The van der Waals surface area contributed by atoms with Gasteiger partial charge in [0.2, 0.25) is 5.91 Å². The number of nitrogens with one attached hydrogen (secondary N) is 1. The Labute approximate surface area is 115 Å². The Bertz CT molecular complexity index is 442. The van der Waals surface area contributed by atoms with Gasteiger partial charge < -0.3 is 10.1 Å². The molecule has 1 aromatic carbocycles. The molecule has 1 amide bonds. The fraction of sp³-hybridized carbons (Fsp3) is 0.562. The molecule has 1 N–H and O–H groups in total. The zero-order chi connectivity index (χ0) is 13.8. The third kappa shape index (κ3) is 3.57. The zero-order valence-electron chi connectivity index (χ0n) is 12.0.